The van der Waals surface area contributed by atoms with Crippen molar-refractivity contribution < 1.29 is 4.79 Å². The van der Waals surface area contributed by atoms with Gasteiger partial charge in [0.25, 0.3) is 0 Å². The van der Waals surface area contributed by atoms with Gasteiger partial charge in [-0.1, -0.05) is 18.9 Å². The van der Waals surface area contributed by atoms with E-state index in [1.807, 2.05) is 0 Å². The Morgan fingerprint density at radius 2 is 1.91 bits per heavy atom. The summed E-state index contributed by atoms with van der Waals surface area (Å²) in [5.41, 5.74) is 3.87. The number of aromatic nitrogens is 3. The van der Waals surface area contributed by atoms with E-state index >= 15 is 0 Å². The highest BCUT2D eigenvalue weighted by atomic mass is 16.2. The van der Waals surface area contributed by atoms with Crippen LogP contribution < -0.4 is 10.6 Å². The van der Waals surface area contributed by atoms with E-state index in [2.05, 4.69) is 45.6 Å². The molecule has 2 saturated carbocycles. The fourth-order valence-electron chi connectivity index (χ4n) is 6.37. The Balaban J connectivity index is 1.40. The highest BCUT2D eigenvalue weighted by Crippen LogP contribution is 2.43. The van der Waals surface area contributed by atoms with Crippen LogP contribution in [0.1, 0.15) is 74.4 Å². The van der Waals surface area contributed by atoms with E-state index in [4.69, 9.17) is 9.97 Å². The number of aromatic amines is 1. The fraction of sp³-hybridized carbons (Fsp3) is 0.654. The lowest BCUT2D eigenvalue weighted by Crippen LogP contribution is -2.57. The average Bonchev–Trinajstić information content (AvgIpc) is 3.34. The number of aryl methyl sites for hydroxylation is 1. The van der Waals surface area contributed by atoms with Gasteiger partial charge in [-0.05, 0) is 70.7 Å². The van der Waals surface area contributed by atoms with Crippen LogP contribution in [0.2, 0.25) is 0 Å². The van der Waals surface area contributed by atoms with E-state index in [0.29, 0.717) is 17.9 Å². The molecule has 2 aromatic rings. The molecule has 2 atom stereocenters. The molecule has 2 aromatic heterocycles. The van der Waals surface area contributed by atoms with Crippen LogP contribution in [-0.4, -0.2) is 58.0 Å². The summed E-state index contributed by atoms with van der Waals surface area (Å²) < 4.78 is 0. The summed E-state index contributed by atoms with van der Waals surface area (Å²) >= 11 is 0. The maximum Gasteiger partial charge on any atom is 0.228 e. The third-order valence-electron chi connectivity index (χ3n) is 8.29. The molecule has 4 heterocycles. The Morgan fingerprint density at radius 1 is 1.06 bits per heavy atom. The van der Waals surface area contributed by atoms with Crippen LogP contribution in [0.15, 0.2) is 18.2 Å². The Hall–Kier alpha value is -2.25. The molecule has 7 heteroatoms. The van der Waals surface area contributed by atoms with Gasteiger partial charge in [-0.15, -0.1) is 0 Å². The number of pyridine rings is 1. The molecule has 6 rings (SSSR count). The molecular formula is C26H36N6O. The second kappa shape index (κ2) is 8.51. The molecule has 1 amide bonds. The van der Waals surface area contributed by atoms with Crippen LogP contribution in [0.3, 0.4) is 0 Å². The lowest BCUT2D eigenvalue weighted by atomic mass is 9.87. The number of rotatable bonds is 6. The highest BCUT2D eigenvalue weighted by molar-refractivity contribution is 5.81. The quantitative estimate of drug-likeness (QED) is 0.632. The maximum absolute atomic E-state index is 14.0. The molecular weight excluding hydrogens is 412 g/mol. The van der Waals surface area contributed by atoms with Gasteiger partial charge >= 0.3 is 0 Å². The molecule has 4 fully saturated rings. The summed E-state index contributed by atoms with van der Waals surface area (Å²) in [4.78, 5) is 29.9. The van der Waals surface area contributed by atoms with Gasteiger partial charge in [0, 0.05) is 30.7 Å². The fourth-order valence-corrected chi connectivity index (χ4v) is 6.37. The predicted molar refractivity (Wildman–Crippen MR) is 128 cm³/mol. The average molecular weight is 449 g/mol. The first-order valence-corrected chi connectivity index (χ1v) is 12.9. The molecule has 2 aliphatic heterocycles. The summed E-state index contributed by atoms with van der Waals surface area (Å²) in [7, 11) is 0. The Labute approximate surface area is 196 Å². The second-order valence-corrected chi connectivity index (χ2v) is 10.6. The minimum atomic E-state index is -0.383. The van der Waals surface area contributed by atoms with Crippen molar-refractivity contribution in [2.45, 2.75) is 75.8 Å². The summed E-state index contributed by atoms with van der Waals surface area (Å²) in [6.45, 7) is 5.55. The molecule has 2 saturated heterocycles. The largest absolute Gasteiger partial charge is 0.341 e. The van der Waals surface area contributed by atoms with Crippen molar-refractivity contribution in [3.05, 3.63) is 35.3 Å². The van der Waals surface area contributed by atoms with E-state index in [1.54, 1.807) is 0 Å². The first kappa shape index (κ1) is 21.3. The molecule has 0 unspecified atom stereocenters. The van der Waals surface area contributed by atoms with Gasteiger partial charge < -0.3 is 20.5 Å². The van der Waals surface area contributed by atoms with E-state index in [1.165, 1.54) is 31.4 Å². The number of nitrogens with zero attached hydrogens (tertiary/aromatic N) is 3. The maximum atomic E-state index is 14.0. The summed E-state index contributed by atoms with van der Waals surface area (Å²) in [6.07, 6.45) is 8.97. The molecule has 33 heavy (non-hydrogen) atoms. The lowest BCUT2D eigenvalue weighted by Gasteiger charge is -2.45. The van der Waals surface area contributed by atoms with Crippen molar-refractivity contribution in [1.29, 1.82) is 0 Å². The van der Waals surface area contributed by atoms with Gasteiger partial charge in [0.1, 0.15) is 5.69 Å². The van der Waals surface area contributed by atoms with Gasteiger partial charge in [-0.2, -0.15) is 0 Å². The molecule has 0 bridgehead atoms. The van der Waals surface area contributed by atoms with Gasteiger partial charge in [0.2, 0.25) is 5.91 Å². The van der Waals surface area contributed by atoms with Crippen molar-refractivity contribution in [2.75, 3.05) is 26.2 Å². The third-order valence-corrected chi connectivity index (χ3v) is 8.29. The molecule has 4 aliphatic rings. The number of carbonyl (C=O) groups is 1. The highest BCUT2D eigenvalue weighted by Gasteiger charge is 2.49. The lowest BCUT2D eigenvalue weighted by molar-refractivity contribution is -0.145. The zero-order chi connectivity index (χ0) is 22.4. The second-order valence-electron chi connectivity index (χ2n) is 10.6. The van der Waals surface area contributed by atoms with E-state index in [9.17, 15) is 4.79 Å². The third kappa shape index (κ3) is 3.79. The minimum absolute atomic E-state index is 0.0834. The van der Waals surface area contributed by atoms with E-state index < -0.39 is 0 Å². The monoisotopic (exact) mass is 448 g/mol. The van der Waals surface area contributed by atoms with Gasteiger partial charge in [-0.25, -0.2) is 9.97 Å². The van der Waals surface area contributed by atoms with Crippen LogP contribution in [0.4, 0.5) is 0 Å². The molecule has 0 aromatic carbocycles. The number of carbonyl (C=O) groups excluding carboxylic acids is 1. The van der Waals surface area contributed by atoms with E-state index in [-0.39, 0.29) is 11.5 Å². The number of hydrogen-bond acceptors (Lipinski definition) is 5. The summed E-state index contributed by atoms with van der Waals surface area (Å²) in [5.74, 6) is 1.88. The van der Waals surface area contributed by atoms with Crippen LogP contribution >= 0.6 is 0 Å². The summed E-state index contributed by atoms with van der Waals surface area (Å²) in [6, 6.07) is 6.60. The van der Waals surface area contributed by atoms with E-state index in [0.717, 1.165) is 74.8 Å². The van der Waals surface area contributed by atoms with Crippen LogP contribution in [0.5, 0.6) is 0 Å². The number of nitrogens with one attached hydrogen (secondary N) is 3. The Kier molecular flexibility index (Phi) is 5.49. The standard InChI is InChI=1S/C26H36N6O/c1-17-23(18-9-10-18)31-24(29-17)21-7-4-8-22(30-21)26(12-14-28-16-26)32(20-5-2-3-6-20)25(33)19-11-13-27-15-19/h4,7-8,18-20,27-28H,2-3,5-6,9-16H2,1H3,(H,29,31)/t19-,26-/m1/s1. The zero-order valence-corrected chi connectivity index (χ0v) is 19.7. The van der Waals surface area contributed by atoms with Gasteiger partial charge in [0.05, 0.1) is 22.8 Å². The molecule has 7 nitrogen and oxygen atoms in total. The molecule has 176 valence electrons. The Bertz CT molecular complexity index is 1010. The molecule has 2 aliphatic carbocycles. The number of amides is 1. The predicted octanol–water partition coefficient (Wildman–Crippen LogP) is 3.23. The van der Waals surface area contributed by atoms with Crippen molar-refractivity contribution in [1.82, 2.24) is 30.5 Å². The van der Waals surface area contributed by atoms with Crippen LogP contribution in [-0.2, 0) is 10.3 Å². The molecule has 0 spiro atoms. The van der Waals surface area contributed by atoms with Crippen LogP contribution in [0.25, 0.3) is 11.5 Å². The molecule has 3 N–H and O–H groups in total. The van der Waals surface area contributed by atoms with Crippen molar-refractivity contribution in [2.24, 2.45) is 5.92 Å². The zero-order valence-electron chi connectivity index (χ0n) is 19.7. The number of imidazole rings is 1. The number of H-pyrrole nitrogens is 1. The Morgan fingerprint density at radius 3 is 2.61 bits per heavy atom. The minimum Gasteiger partial charge on any atom is -0.341 e. The van der Waals surface area contributed by atoms with Gasteiger partial charge in [0.15, 0.2) is 5.82 Å². The molecule has 0 radical (unpaired) electrons. The van der Waals surface area contributed by atoms with Crippen molar-refractivity contribution in [3.8, 4) is 11.5 Å². The first-order valence-electron chi connectivity index (χ1n) is 12.9. The SMILES string of the molecule is Cc1[nH]c(-c2cccc([C@@]3(N(C(=O)[C@@H]4CCNC4)C4CCCC4)CCNC3)n2)nc1C1CC1. The first-order chi connectivity index (χ1) is 16.2. The normalized spacial score (nSPS) is 28.0. The van der Waals surface area contributed by atoms with Crippen LogP contribution in [0, 0.1) is 12.8 Å². The van der Waals surface area contributed by atoms with Gasteiger partial charge in [-0.3, -0.25) is 4.79 Å². The van der Waals surface area contributed by atoms with Crippen molar-refractivity contribution in [3.63, 3.8) is 0 Å². The topological polar surface area (TPSA) is 85.9 Å². The summed E-state index contributed by atoms with van der Waals surface area (Å²) in [5, 5.41) is 6.99. The number of hydrogen-bond donors (Lipinski definition) is 3. The smallest absolute Gasteiger partial charge is 0.228 e. The van der Waals surface area contributed by atoms with Crippen molar-refractivity contribution >= 4 is 5.91 Å².